The zero-order valence-corrected chi connectivity index (χ0v) is 15.6. The minimum atomic E-state index is -0.884. The predicted octanol–water partition coefficient (Wildman–Crippen LogP) is 3.87. The Morgan fingerprint density at radius 2 is 2.00 bits per heavy atom. The first-order valence-corrected chi connectivity index (χ1v) is 8.95. The molecule has 1 aromatic carbocycles. The van der Waals surface area contributed by atoms with E-state index in [1.54, 1.807) is 19.1 Å². The number of esters is 1. The summed E-state index contributed by atoms with van der Waals surface area (Å²) in [5.74, 6) is 0.439. The molecule has 0 radical (unpaired) electrons. The minimum Gasteiger partial charge on any atom is -0.460 e. The van der Waals surface area contributed by atoms with Crippen LogP contribution in [0.5, 0.6) is 0 Å². The summed E-state index contributed by atoms with van der Waals surface area (Å²) in [7, 11) is 0. The standard InChI is InChI=1S/C21H22N2O4/c1-4-11-22-20(24)14(3)27-21(25)16-12-18(19-10-9-13(2)26-19)23-17-8-6-5-7-15(16)17/h5-10,12,14H,4,11H2,1-3H3,(H,22,24)/t14-/m1/s1. The van der Waals surface area contributed by atoms with E-state index in [4.69, 9.17) is 9.15 Å². The van der Waals surface area contributed by atoms with Crippen LogP contribution in [0.2, 0.25) is 0 Å². The van der Waals surface area contributed by atoms with Gasteiger partial charge in [0.05, 0.1) is 11.1 Å². The van der Waals surface area contributed by atoms with Crippen LogP contribution in [0.3, 0.4) is 0 Å². The average Bonchev–Trinajstić information content (AvgIpc) is 3.11. The number of benzene rings is 1. The highest BCUT2D eigenvalue weighted by Gasteiger charge is 2.21. The lowest BCUT2D eigenvalue weighted by atomic mass is 10.1. The van der Waals surface area contributed by atoms with Crippen LogP contribution >= 0.6 is 0 Å². The van der Waals surface area contributed by atoms with Crippen molar-refractivity contribution in [3.8, 4) is 11.5 Å². The zero-order valence-electron chi connectivity index (χ0n) is 15.6. The van der Waals surface area contributed by atoms with Gasteiger partial charge in [-0.2, -0.15) is 0 Å². The third-order valence-corrected chi connectivity index (χ3v) is 4.13. The summed E-state index contributed by atoms with van der Waals surface area (Å²) in [5.41, 5.74) is 1.54. The van der Waals surface area contributed by atoms with Gasteiger partial charge in [0.25, 0.3) is 5.91 Å². The number of furan rings is 1. The molecule has 0 saturated heterocycles. The summed E-state index contributed by atoms with van der Waals surface area (Å²) in [6.07, 6.45) is -0.0712. The number of amides is 1. The molecular formula is C21H22N2O4. The fraction of sp³-hybridized carbons (Fsp3) is 0.286. The van der Waals surface area contributed by atoms with Crippen molar-refractivity contribution in [1.82, 2.24) is 10.3 Å². The molecule has 140 valence electrons. The highest BCUT2D eigenvalue weighted by atomic mass is 16.5. The van der Waals surface area contributed by atoms with Crippen LogP contribution in [0.4, 0.5) is 0 Å². The number of fused-ring (bicyclic) bond motifs is 1. The van der Waals surface area contributed by atoms with E-state index in [1.165, 1.54) is 0 Å². The van der Waals surface area contributed by atoms with Gasteiger partial charge in [-0.3, -0.25) is 4.79 Å². The molecule has 0 fully saturated rings. The summed E-state index contributed by atoms with van der Waals surface area (Å²) in [6.45, 7) is 5.90. The highest BCUT2D eigenvalue weighted by molar-refractivity contribution is 6.05. The Bertz CT molecular complexity index is 977. The van der Waals surface area contributed by atoms with Gasteiger partial charge in [-0.1, -0.05) is 25.1 Å². The normalized spacial score (nSPS) is 12.0. The summed E-state index contributed by atoms with van der Waals surface area (Å²) in [6, 6.07) is 12.6. The molecule has 0 saturated carbocycles. The van der Waals surface area contributed by atoms with Crippen molar-refractivity contribution in [3.63, 3.8) is 0 Å². The molecule has 0 aliphatic carbocycles. The summed E-state index contributed by atoms with van der Waals surface area (Å²) < 4.78 is 11.0. The third-order valence-electron chi connectivity index (χ3n) is 4.13. The van der Waals surface area contributed by atoms with Gasteiger partial charge in [-0.15, -0.1) is 0 Å². The van der Waals surface area contributed by atoms with E-state index in [0.717, 1.165) is 12.2 Å². The van der Waals surface area contributed by atoms with Gasteiger partial charge >= 0.3 is 5.97 Å². The van der Waals surface area contributed by atoms with Crippen molar-refractivity contribution >= 4 is 22.8 Å². The molecule has 0 aliphatic rings. The first-order chi connectivity index (χ1) is 13.0. The SMILES string of the molecule is CCCNC(=O)[C@@H](C)OC(=O)c1cc(-c2ccc(C)o2)nc2ccccc12. The molecule has 3 aromatic rings. The number of para-hydroxylation sites is 1. The van der Waals surface area contributed by atoms with E-state index in [9.17, 15) is 9.59 Å². The topological polar surface area (TPSA) is 81.4 Å². The lowest BCUT2D eigenvalue weighted by Crippen LogP contribution is -2.36. The maximum Gasteiger partial charge on any atom is 0.339 e. The molecule has 6 nitrogen and oxygen atoms in total. The number of carbonyl (C=O) groups is 2. The van der Waals surface area contributed by atoms with Crippen molar-refractivity contribution in [2.75, 3.05) is 6.54 Å². The Morgan fingerprint density at radius 1 is 1.22 bits per heavy atom. The van der Waals surface area contributed by atoms with Gasteiger partial charge in [-0.05, 0) is 44.5 Å². The predicted molar refractivity (Wildman–Crippen MR) is 102 cm³/mol. The Kier molecular flexibility index (Phi) is 5.54. The molecule has 2 aromatic heterocycles. The molecule has 1 N–H and O–H groups in total. The number of aryl methyl sites for hydroxylation is 1. The van der Waals surface area contributed by atoms with Crippen LogP contribution in [0.25, 0.3) is 22.4 Å². The molecular weight excluding hydrogens is 344 g/mol. The van der Waals surface area contributed by atoms with E-state index < -0.39 is 12.1 Å². The third kappa shape index (κ3) is 4.16. The van der Waals surface area contributed by atoms with Crippen molar-refractivity contribution < 1.29 is 18.7 Å². The molecule has 1 atom stereocenters. The number of rotatable bonds is 6. The molecule has 6 heteroatoms. The van der Waals surface area contributed by atoms with Gasteiger partial charge < -0.3 is 14.5 Å². The number of aromatic nitrogens is 1. The van der Waals surface area contributed by atoms with E-state index in [2.05, 4.69) is 10.3 Å². The summed E-state index contributed by atoms with van der Waals surface area (Å²) in [5, 5.41) is 3.39. The van der Waals surface area contributed by atoms with Crippen LogP contribution < -0.4 is 5.32 Å². The van der Waals surface area contributed by atoms with Crippen molar-refractivity contribution in [1.29, 1.82) is 0 Å². The lowest BCUT2D eigenvalue weighted by Gasteiger charge is -2.14. The van der Waals surface area contributed by atoms with Crippen molar-refractivity contribution in [2.45, 2.75) is 33.3 Å². The maximum atomic E-state index is 12.8. The van der Waals surface area contributed by atoms with Gasteiger partial charge in [0.2, 0.25) is 0 Å². The molecule has 0 bridgehead atoms. The van der Waals surface area contributed by atoms with Gasteiger partial charge in [0.15, 0.2) is 11.9 Å². The van der Waals surface area contributed by atoms with Crippen molar-refractivity contribution in [3.05, 3.63) is 53.8 Å². The Hall–Kier alpha value is -3.15. The maximum absolute atomic E-state index is 12.8. The number of nitrogens with zero attached hydrogens (tertiary/aromatic N) is 1. The first kappa shape index (κ1) is 18.6. The monoisotopic (exact) mass is 366 g/mol. The molecule has 0 spiro atoms. The average molecular weight is 366 g/mol. The lowest BCUT2D eigenvalue weighted by molar-refractivity contribution is -0.129. The van der Waals surface area contributed by atoms with E-state index in [-0.39, 0.29) is 5.91 Å². The van der Waals surface area contributed by atoms with Crippen LogP contribution in [0.1, 0.15) is 36.4 Å². The largest absolute Gasteiger partial charge is 0.460 e. The van der Waals surface area contributed by atoms with Gasteiger partial charge in [-0.25, -0.2) is 9.78 Å². The molecule has 27 heavy (non-hydrogen) atoms. The van der Waals surface area contributed by atoms with E-state index in [1.807, 2.05) is 44.2 Å². The summed E-state index contributed by atoms with van der Waals surface area (Å²) >= 11 is 0. The number of hydrogen-bond acceptors (Lipinski definition) is 5. The second-order valence-corrected chi connectivity index (χ2v) is 6.32. The number of pyridine rings is 1. The second kappa shape index (κ2) is 8.03. The number of nitrogens with one attached hydrogen (secondary N) is 1. The van der Waals surface area contributed by atoms with E-state index in [0.29, 0.717) is 34.5 Å². The Balaban J connectivity index is 1.94. The molecule has 2 heterocycles. The highest BCUT2D eigenvalue weighted by Crippen LogP contribution is 2.27. The molecule has 1 amide bonds. The number of ether oxygens (including phenoxy) is 1. The fourth-order valence-corrected chi connectivity index (χ4v) is 2.71. The van der Waals surface area contributed by atoms with Crippen LogP contribution in [-0.2, 0) is 9.53 Å². The first-order valence-electron chi connectivity index (χ1n) is 8.95. The quantitative estimate of drug-likeness (QED) is 0.670. The summed E-state index contributed by atoms with van der Waals surface area (Å²) in [4.78, 5) is 29.4. The molecule has 3 rings (SSSR count). The van der Waals surface area contributed by atoms with Crippen LogP contribution in [-0.4, -0.2) is 29.5 Å². The van der Waals surface area contributed by atoms with Crippen LogP contribution in [0.15, 0.2) is 46.9 Å². The zero-order chi connectivity index (χ0) is 19.4. The second-order valence-electron chi connectivity index (χ2n) is 6.32. The Morgan fingerprint density at radius 3 is 2.70 bits per heavy atom. The molecule has 0 aliphatic heterocycles. The van der Waals surface area contributed by atoms with Crippen LogP contribution in [0, 0.1) is 6.92 Å². The molecule has 0 unspecified atom stereocenters. The van der Waals surface area contributed by atoms with E-state index >= 15 is 0 Å². The van der Waals surface area contributed by atoms with Gasteiger partial charge in [0.1, 0.15) is 11.5 Å². The smallest absolute Gasteiger partial charge is 0.339 e. The number of carbonyl (C=O) groups excluding carboxylic acids is 2. The Labute approximate surface area is 157 Å². The fourth-order valence-electron chi connectivity index (χ4n) is 2.71. The minimum absolute atomic E-state index is 0.314. The van der Waals surface area contributed by atoms with Gasteiger partial charge in [0, 0.05) is 11.9 Å². The van der Waals surface area contributed by atoms with Crippen molar-refractivity contribution in [2.24, 2.45) is 0 Å². The number of hydrogen-bond donors (Lipinski definition) is 1.